The number of piperidine rings is 1. The van der Waals surface area contributed by atoms with Crippen LogP contribution in [0.1, 0.15) is 37.8 Å². The first-order valence-electron chi connectivity index (χ1n) is 9.91. The van der Waals surface area contributed by atoms with Gasteiger partial charge in [-0.05, 0) is 56.1 Å². The molecule has 1 heterocycles. The summed E-state index contributed by atoms with van der Waals surface area (Å²) in [6.07, 6.45) is 1.89. The van der Waals surface area contributed by atoms with Crippen molar-refractivity contribution in [2.24, 2.45) is 5.73 Å². The highest BCUT2D eigenvalue weighted by Crippen LogP contribution is 2.26. The number of hydrogen-bond donors (Lipinski definition) is 4. The molecular formula is C22H28N4O3. The summed E-state index contributed by atoms with van der Waals surface area (Å²) in [4.78, 5) is 24.1. The fraction of sp³-hybridized carbons (Fsp3) is 0.364. The molecule has 1 aliphatic heterocycles. The molecule has 3 rings (SSSR count). The third-order valence-corrected chi connectivity index (χ3v) is 4.93. The number of nitrogens with one attached hydrogen (secondary N) is 3. The summed E-state index contributed by atoms with van der Waals surface area (Å²) < 4.78 is 5.86. The van der Waals surface area contributed by atoms with Gasteiger partial charge < -0.3 is 26.4 Å². The lowest BCUT2D eigenvalue weighted by atomic mass is 9.99. The van der Waals surface area contributed by atoms with E-state index in [0.29, 0.717) is 17.5 Å². The number of amides is 3. The Morgan fingerprint density at radius 3 is 2.66 bits per heavy atom. The van der Waals surface area contributed by atoms with E-state index in [0.717, 1.165) is 24.9 Å². The number of nitrogens with two attached hydrogens (primary N) is 1. The van der Waals surface area contributed by atoms with Crippen molar-refractivity contribution in [1.29, 1.82) is 0 Å². The second-order valence-electron chi connectivity index (χ2n) is 7.40. The summed E-state index contributed by atoms with van der Waals surface area (Å²) in [5.74, 6) is 1.22. The Hall–Kier alpha value is -3.06. The standard InChI is InChI=1S/C22H28N4O3/c1-15-12-17(10-11-24-15)25-21(27)14-20(26-22(23)28)16-6-5-9-19(13-16)29-18-7-3-2-4-8-18/h2-9,13,15,17,20,24H,10-12,14H2,1H3,(H,25,27)(H3,23,26,28). The third-order valence-electron chi connectivity index (χ3n) is 4.93. The van der Waals surface area contributed by atoms with Crippen LogP contribution in [-0.4, -0.2) is 30.6 Å². The summed E-state index contributed by atoms with van der Waals surface area (Å²) in [6.45, 7) is 2.99. The minimum atomic E-state index is -0.673. The van der Waals surface area contributed by atoms with Gasteiger partial charge in [0.2, 0.25) is 5.91 Å². The zero-order valence-electron chi connectivity index (χ0n) is 16.6. The Morgan fingerprint density at radius 1 is 1.17 bits per heavy atom. The van der Waals surface area contributed by atoms with Crippen LogP contribution in [0.25, 0.3) is 0 Å². The van der Waals surface area contributed by atoms with Crippen LogP contribution in [0.5, 0.6) is 11.5 Å². The van der Waals surface area contributed by atoms with Crippen LogP contribution in [0.15, 0.2) is 54.6 Å². The number of urea groups is 1. The molecule has 1 saturated heterocycles. The topological polar surface area (TPSA) is 105 Å². The number of benzene rings is 2. The van der Waals surface area contributed by atoms with E-state index in [1.807, 2.05) is 54.6 Å². The molecule has 3 atom stereocenters. The van der Waals surface area contributed by atoms with Gasteiger partial charge in [-0.1, -0.05) is 30.3 Å². The minimum absolute atomic E-state index is 0.107. The maximum Gasteiger partial charge on any atom is 0.312 e. The number of primary amides is 1. The van der Waals surface area contributed by atoms with E-state index < -0.39 is 12.1 Å². The summed E-state index contributed by atoms with van der Waals surface area (Å²) in [6, 6.07) is 16.0. The molecule has 2 aromatic rings. The van der Waals surface area contributed by atoms with Crippen LogP contribution in [0.4, 0.5) is 4.79 Å². The van der Waals surface area contributed by atoms with Crippen LogP contribution >= 0.6 is 0 Å². The Morgan fingerprint density at radius 2 is 1.93 bits per heavy atom. The van der Waals surface area contributed by atoms with Crippen molar-refractivity contribution in [2.75, 3.05) is 6.54 Å². The minimum Gasteiger partial charge on any atom is -0.457 e. The molecule has 3 amide bonds. The fourth-order valence-corrected chi connectivity index (χ4v) is 3.58. The molecule has 0 spiro atoms. The van der Waals surface area contributed by atoms with Gasteiger partial charge in [0.25, 0.3) is 0 Å². The quantitative estimate of drug-likeness (QED) is 0.577. The Labute approximate surface area is 171 Å². The van der Waals surface area contributed by atoms with Crippen molar-refractivity contribution in [3.8, 4) is 11.5 Å². The highest BCUT2D eigenvalue weighted by Gasteiger charge is 2.23. The number of rotatable bonds is 7. The summed E-state index contributed by atoms with van der Waals surface area (Å²) in [5, 5.41) is 9.11. The second kappa shape index (κ2) is 9.93. The second-order valence-corrected chi connectivity index (χ2v) is 7.40. The highest BCUT2D eigenvalue weighted by molar-refractivity contribution is 5.79. The average molecular weight is 396 g/mol. The summed E-state index contributed by atoms with van der Waals surface area (Å²) >= 11 is 0. The molecule has 5 N–H and O–H groups in total. The van der Waals surface area contributed by atoms with Gasteiger partial charge in [-0.15, -0.1) is 0 Å². The summed E-state index contributed by atoms with van der Waals surface area (Å²) in [7, 11) is 0. The molecule has 0 radical (unpaired) electrons. The lowest BCUT2D eigenvalue weighted by molar-refractivity contribution is -0.122. The molecule has 0 aromatic heterocycles. The van der Waals surface area contributed by atoms with E-state index in [9.17, 15) is 9.59 Å². The number of carbonyl (C=O) groups excluding carboxylic acids is 2. The van der Waals surface area contributed by atoms with E-state index >= 15 is 0 Å². The van der Waals surface area contributed by atoms with Gasteiger partial charge in [0.05, 0.1) is 12.5 Å². The molecule has 1 fully saturated rings. The number of hydrogen-bond acceptors (Lipinski definition) is 4. The van der Waals surface area contributed by atoms with E-state index in [4.69, 9.17) is 10.5 Å². The first-order valence-corrected chi connectivity index (χ1v) is 9.91. The lowest BCUT2D eigenvalue weighted by Crippen LogP contribution is -2.47. The monoisotopic (exact) mass is 396 g/mol. The number of ether oxygens (including phenoxy) is 1. The normalized spacial score (nSPS) is 19.8. The molecule has 0 saturated carbocycles. The number of carbonyl (C=O) groups is 2. The molecule has 0 aliphatic carbocycles. The Balaban J connectivity index is 1.68. The van der Waals surface area contributed by atoms with Crippen LogP contribution in [0.3, 0.4) is 0 Å². The van der Waals surface area contributed by atoms with Gasteiger partial charge in [0.15, 0.2) is 0 Å². The predicted octanol–water partition coefficient (Wildman–Crippen LogP) is 2.84. The molecule has 3 unspecified atom stereocenters. The largest absolute Gasteiger partial charge is 0.457 e. The van der Waals surface area contributed by atoms with Gasteiger partial charge >= 0.3 is 6.03 Å². The van der Waals surface area contributed by atoms with Crippen molar-refractivity contribution in [1.82, 2.24) is 16.0 Å². The Bertz CT molecular complexity index is 828. The smallest absolute Gasteiger partial charge is 0.312 e. The van der Waals surface area contributed by atoms with Crippen molar-refractivity contribution >= 4 is 11.9 Å². The van der Waals surface area contributed by atoms with Crippen LogP contribution in [0, 0.1) is 0 Å². The van der Waals surface area contributed by atoms with Gasteiger partial charge in [-0.25, -0.2) is 4.79 Å². The van der Waals surface area contributed by atoms with E-state index in [-0.39, 0.29) is 18.4 Å². The molecule has 1 aliphatic rings. The van der Waals surface area contributed by atoms with Gasteiger partial charge in [0.1, 0.15) is 11.5 Å². The Kier molecular flexibility index (Phi) is 7.08. The number of para-hydroxylation sites is 1. The van der Waals surface area contributed by atoms with Crippen LogP contribution in [0.2, 0.25) is 0 Å². The first kappa shape index (κ1) is 20.7. The zero-order chi connectivity index (χ0) is 20.6. The zero-order valence-corrected chi connectivity index (χ0v) is 16.6. The van der Waals surface area contributed by atoms with E-state index in [1.165, 1.54) is 0 Å². The summed E-state index contributed by atoms with van der Waals surface area (Å²) in [5.41, 5.74) is 6.10. The molecule has 2 aromatic carbocycles. The van der Waals surface area contributed by atoms with E-state index in [2.05, 4.69) is 22.9 Å². The average Bonchev–Trinajstić information content (AvgIpc) is 2.68. The van der Waals surface area contributed by atoms with Crippen molar-refractivity contribution in [2.45, 2.75) is 44.3 Å². The molecule has 0 bridgehead atoms. The van der Waals surface area contributed by atoms with Crippen LogP contribution in [-0.2, 0) is 4.79 Å². The fourth-order valence-electron chi connectivity index (χ4n) is 3.58. The van der Waals surface area contributed by atoms with Gasteiger partial charge in [0, 0.05) is 12.1 Å². The SMILES string of the molecule is CC1CC(NC(=O)CC(NC(N)=O)c2cccc(Oc3ccccc3)c2)CCN1. The molecule has 7 nitrogen and oxygen atoms in total. The predicted molar refractivity (Wildman–Crippen MR) is 112 cm³/mol. The van der Waals surface area contributed by atoms with E-state index in [1.54, 1.807) is 0 Å². The lowest BCUT2D eigenvalue weighted by Gasteiger charge is -2.29. The molecule has 29 heavy (non-hydrogen) atoms. The third kappa shape index (κ3) is 6.50. The maximum atomic E-state index is 12.6. The van der Waals surface area contributed by atoms with Crippen molar-refractivity contribution < 1.29 is 14.3 Å². The maximum absolute atomic E-state index is 12.6. The molecule has 7 heteroatoms. The van der Waals surface area contributed by atoms with Crippen molar-refractivity contribution in [3.05, 3.63) is 60.2 Å². The highest BCUT2D eigenvalue weighted by atomic mass is 16.5. The van der Waals surface area contributed by atoms with Gasteiger partial charge in [-0.2, -0.15) is 0 Å². The first-order chi connectivity index (χ1) is 14.0. The van der Waals surface area contributed by atoms with Crippen LogP contribution < -0.4 is 26.4 Å². The molecular weight excluding hydrogens is 368 g/mol. The van der Waals surface area contributed by atoms with Crippen molar-refractivity contribution in [3.63, 3.8) is 0 Å². The molecule has 154 valence electrons. The van der Waals surface area contributed by atoms with Gasteiger partial charge in [-0.3, -0.25) is 4.79 Å².